The third-order valence-electron chi connectivity index (χ3n) is 3.85. The molecule has 0 aliphatic carbocycles. The van der Waals surface area contributed by atoms with E-state index < -0.39 is 0 Å². The van der Waals surface area contributed by atoms with E-state index in [1.165, 1.54) is 7.11 Å². The third kappa shape index (κ3) is 4.59. The van der Waals surface area contributed by atoms with E-state index in [-0.39, 0.29) is 18.2 Å². The molecule has 2 amide bonds. The number of nitrogens with one attached hydrogen (secondary N) is 1. The average molecular weight is 321 g/mol. The molecule has 1 fully saturated rings. The van der Waals surface area contributed by atoms with Gasteiger partial charge in [0.15, 0.2) is 0 Å². The van der Waals surface area contributed by atoms with Crippen molar-refractivity contribution in [1.29, 1.82) is 0 Å². The Bertz CT molecular complexity index is 568. The van der Waals surface area contributed by atoms with Gasteiger partial charge in [-0.1, -0.05) is 0 Å². The largest absolute Gasteiger partial charge is 0.497 e. The summed E-state index contributed by atoms with van der Waals surface area (Å²) in [7, 11) is 5.08. The van der Waals surface area contributed by atoms with E-state index in [1.54, 1.807) is 30.2 Å². The van der Waals surface area contributed by atoms with Crippen molar-refractivity contribution in [1.82, 2.24) is 9.80 Å². The van der Waals surface area contributed by atoms with Gasteiger partial charge in [-0.15, -0.1) is 0 Å². The summed E-state index contributed by atoms with van der Waals surface area (Å²) in [4.78, 5) is 28.2. The molecule has 0 spiro atoms. The van der Waals surface area contributed by atoms with Gasteiger partial charge in [0.25, 0.3) is 0 Å². The van der Waals surface area contributed by atoms with Crippen molar-refractivity contribution in [2.24, 2.45) is 0 Å². The maximum absolute atomic E-state index is 12.2. The van der Waals surface area contributed by atoms with Crippen molar-refractivity contribution in [2.45, 2.75) is 6.42 Å². The first-order chi connectivity index (χ1) is 11.0. The minimum Gasteiger partial charge on any atom is -0.497 e. The summed E-state index contributed by atoms with van der Waals surface area (Å²) in [6.45, 7) is 2.98. The molecule has 1 saturated heterocycles. The Morgan fingerprint density at radius 1 is 1.13 bits per heavy atom. The van der Waals surface area contributed by atoms with Crippen LogP contribution in [-0.4, -0.2) is 69.1 Å². The Labute approximate surface area is 136 Å². The number of methoxy groups -OCH3 is 2. The van der Waals surface area contributed by atoms with E-state index in [9.17, 15) is 9.59 Å². The highest BCUT2D eigenvalue weighted by Crippen LogP contribution is 2.28. The van der Waals surface area contributed by atoms with Crippen LogP contribution in [0.25, 0.3) is 0 Å². The lowest BCUT2D eigenvalue weighted by atomic mass is 10.2. The zero-order valence-electron chi connectivity index (χ0n) is 13.8. The van der Waals surface area contributed by atoms with E-state index in [0.717, 1.165) is 13.1 Å². The van der Waals surface area contributed by atoms with E-state index in [0.29, 0.717) is 30.3 Å². The zero-order chi connectivity index (χ0) is 16.8. The van der Waals surface area contributed by atoms with Crippen LogP contribution in [0.5, 0.6) is 11.5 Å². The Kier molecular flexibility index (Phi) is 5.81. The fourth-order valence-electron chi connectivity index (χ4n) is 2.41. The minimum absolute atomic E-state index is 0.155. The number of carbonyl (C=O) groups is 2. The monoisotopic (exact) mass is 321 g/mol. The Morgan fingerprint density at radius 3 is 2.43 bits per heavy atom. The molecule has 1 aliphatic rings. The van der Waals surface area contributed by atoms with Gasteiger partial charge in [0, 0.05) is 32.2 Å². The molecular formula is C16H23N3O4. The maximum Gasteiger partial charge on any atom is 0.233 e. The molecule has 0 atom stereocenters. The van der Waals surface area contributed by atoms with Crippen LogP contribution in [0.4, 0.5) is 5.69 Å². The Morgan fingerprint density at radius 2 is 1.83 bits per heavy atom. The number of rotatable bonds is 5. The number of hydrogen-bond acceptors (Lipinski definition) is 5. The fourth-order valence-corrected chi connectivity index (χ4v) is 2.41. The van der Waals surface area contributed by atoms with Crippen LogP contribution in [0.3, 0.4) is 0 Å². The molecule has 126 valence electrons. The summed E-state index contributed by atoms with van der Waals surface area (Å²) in [6, 6.07) is 5.11. The maximum atomic E-state index is 12.2. The first kappa shape index (κ1) is 17.1. The number of amides is 2. The molecule has 1 aliphatic heterocycles. The predicted molar refractivity (Wildman–Crippen MR) is 86.9 cm³/mol. The molecule has 0 unspecified atom stereocenters. The lowest BCUT2D eigenvalue weighted by Gasteiger charge is -2.32. The molecule has 1 heterocycles. The number of piperazine rings is 1. The summed E-state index contributed by atoms with van der Waals surface area (Å²) in [5.41, 5.74) is 0.489. The van der Waals surface area contributed by atoms with E-state index in [1.807, 2.05) is 7.05 Å². The second-order valence-corrected chi connectivity index (χ2v) is 5.48. The molecular weight excluding hydrogens is 298 g/mol. The highest BCUT2D eigenvalue weighted by Gasteiger charge is 2.21. The Balaban J connectivity index is 1.95. The number of ether oxygens (including phenoxy) is 2. The Hall–Kier alpha value is -2.28. The first-order valence-corrected chi connectivity index (χ1v) is 7.51. The summed E-state index contributed by atoms with van der Waals surface area (Å²) < 4.78 is 10.3. The lowest BCUT2D eigenvalue weighted by Crippen LogP contribution is -2.47. The predicted octanol–water partition coefficient (Wildman–Crippen LogP) is 0.806. The van der Waals surface area contributed by atoms with Gasteiger partial charge in [-0.25, -0.2) is 0 Å². The van der Waals surface area contributed by atoms with Crippen molar-refractivity contribution >= 4 is 17.5 Å². The molecule has 7 heteroatoms. The van der Waals surface area contributed by atoms with E-state index >= 15 is 0 Å². The second kappa shape index (κ2) is 7.82. The van der Waals surface area contributed by atoms with Crippen molar-refractivity contribution in [3.8, 4) is 11.5 Å². The van der Waals surface area contributed by atoms with Gasteiger partial charge in [0.2, 0.25) is 11.8 Å². The van der Waals surface area contributed by atoms with Crippen molar-refractivity contribution < 1.29 is 19.1 Å². The summed E-state index contributed by atoms with van der Waals surface area (Å²) in [5, 5.41) is 2.71. The summed E-state index contributed by atoms with van der Waals surface area (Å²) >= 11 is 0. The van der Waals surface area contributed by atoms with Gasteiger partial charge in [0.05, 0.1) is 19.9 Å². The van der Waals surface area contributed by atoms with Crippen LogP contribution in [-0.2, 0) is 9.59 Å². The molecule has 23 heavy (non-hydrogen) atoms. The molecule has 0 bridgehead atoms. The molecule has 2 rings (SSSR count). The number of carbonyl (C=O) groups excluding carboxylic acids is 2. The van der Waals surface area contributed by atoms with E-state index in [2.05, 4.69) is 10.2 Å². The van der Waals surface area contributed by atoms with Crippen molar-refractivity contribution in [3.63, 3.8) is 0 Å². The number of hydrogen-bond donors (Lipinski definition) is 1. The second-order valence-electron chi connectivity index (χ2n) is 5.48. The zero-order valence-corrected chi connectivity index (χ0v) is 13.8. The molecule has 1 aromatic carbocycles. The fraction of sp³-hybridized carbons (Fsp3) is 0.500. The molecule has 0 saturated carbocycles. The number of benzene rings is 1. The third-order valence-corrected chi connectivity index (χ3v) is 3.85. The molecule has 1 N–H and O–H groups in total. The van der Waals surface area contributed by atoms with Crippen LogP contribution in [0.2, 0.25) is 0 Å². The minimum atomic E-state index is -0.361. The van der Waals surface area contributed by atoms with Gasteiger partial charge in [-0.05, 0) is 19.2 Å². The SMILES string of the molecule is COc1ccc(OC)c(NC(=O)CC(=O)N2CCN(C)CC2)c1. The number of nitrogens with zero attached hydrogens (tertiary/aromatic N) is 2. The normalized spacial score (nSPS) is 15.2. The topological polar surface area (TPSA) is 71.1 Å². The quantitative estimate of drug-likeness (QED) is 0.813. The summed E-state index contributed by atoms with van der Waals surface area (Å²) in [5.74, 6) is 0.607. The first-order valence-electron chi connectivity index (χ1n) is 7.51. The smallest absolute Gasteiger partial charge is 0.233 e. The van der Waals surface area contributed by atoms with Crippen LogP contribution in [0.15, 0.2) is 18.2 Å². The van der Waals surface area contributed by atoms with Gasteiger partial charge >= 0.3 is 0 Å². The average Bonchev–Trinajstić information content (AvgIpc) is 2.55. The van der Waals surface area contributed by atoms with E-state index in [4.69, 9.17) is 9.47 Å². The van der Waals surface area contributed by atoms with Crippen molar-refractivity contribution in [3.05, 3.63) is 18.2 Å². The van der Waals surface area contributed by atoms with Crippen LogP contribution >= 0.6 is 0 Å². The molecule has 1 aromatic rings. The van der Waals surface area contributed by atoms with Crippen LogP contribution < -0.4 is 14.8 Å². The highest BCUT2D eigenvalue weighted by atomic mass is 16.5. The van der Waals surface area contributed by atoms with Gasteiger partial charge in [-0.3, -0.25) is 9.59 Å². The molecule has 7 nitrogen and oxygen atoms in total. The standard InChI is InChI=1S/C16H23N3O4/c1-18-6-8-19(9-7-18)16(21)11-15(20)17-13-10-12(22-2)4-5-14(13)23-3/h4-5,10H,6-9,11H2,1-3H3,(H,17,20). The molecule has 0 aromatic heterocycles. The summed E-state index contributed by atoms with van der Waals surface area (Å²) in [6.07, 6.45) is -0.177. The van der Waals surface area contributed by atoms with Gasteiger partial charge in [-0.2, -0.15) is 0 Å². The lowest BCUT2D eigenvalue weighted by molar-refractivity contribution is -0.135. The van der Waals surface area contributed by atoms with Crippen molar-refractivity contribution in [2.75, 3.05) is 52.8 Å². The van der Waals surface area contributed by atoms with Crippen LogP contribution in [0, 0.1) is 0 Å². The molecule has 0 radical (unpaired) electrons. The number of likely N-dealkylation sites (N-methyl/N-ethyl adjacent to an activating group) is 1. The van der Waals surface area contributed by atoms with Gasteiger partial charge < -0.3 is 24.6 Å². The highest BCUT2D eigenvalue weighted by molar-refractivity contribution is 6.04. The van der Waals surface area contributed by atoms with Crippen LogP contribution in [0.1, 0.15) is 6.42 Å². The van der Waals surface area contributed by atoms with Gasteiger partial charge in [0.1, 0.15) is 17.9 Å². The number of anilines is 1.